The minimum atomic E-state index is -1.24. The van der Waals surface area contributed by atoms with Gasteiger partial charge in [-0.15, -0.1) is 0 Å². The Labute approximate surface area is 363 Å². The molecular formula is C46H59ClN6O8. The van der Waals surface area contributed by atoms with E-state index in [4.69, 9.17) is 43.0 Å². The lowest BCUT2D eigenvalue weighted by Gasteiger charge is -2.32. The summed E-state index contributed by atoms with van der Waals surface area (Å²) in [6.07, 6.45) is -0.426. The molecule has 7 N–H and O–H groups in total. The lowest BCUT2D eigenvalue weighted by atomic mass is 9.88. The van der Waals surface area contributed by atoms with Crippen molar-refractivity contribution in [1.82, 2.24) is 10.2 Å². The van der Waals surface area contributed by atoms with Gasteiger partial charge in [0.05, 0.1) is 23.7 Å². The van der Waals surface area contributed by atoms with Crippen LogP contribution in [-0.4, -0.2) is 86.6 Å². The van der Waals surface area contributed by atoms with Crippen LogP contribution in [0, 0.1) is 28.6 Å². The Hall–Kier alpha value is -5.33. The number of Topliss-reactive ketones (excluding diaryl/α,β-unsaturated/α-hetero) is 3. The van der Waals surface area contributed by atoms with E-state index in [1.165, 1.54) is 11.9 Å². The van der Waals surface area contributed by atoms with E-state index in [-0.39, 0.29) is 98.9 Å². The Bertz CT molecular complexity index is 2100. The second-order valence-corrected chi connectivity index (χ2v) is 17.0. The third-order valence-corrected chi connectivity index (χ3v) is 10.5. The number of ether oxygens (including phenoxy) is 3. The van der Waals surface area contributed by atoms with Gasteiger partial charge in [0.1, 0.15) is 36.5 Å². The molecule has 1 aliphatic rings. The summed E-state index contributed by atoms with van der Waals surface area (Å²) in [6.45, 7) is 8.95. The Balaban J connectivity index is 1.82. The fourth-order valence-electron chi connectivity index (χ4n) is 7.09. The number of carbonyl (C=O) groups is 5. The highest BCUT2D eigenvalue weighted by Crippen LogP contribution is 2.41. The van der Waals surface area contributed by atoms with Gasteiger partial charge in [0.2, 0.25) is 11.8 Å². The molecule has 0 unspecified atom stereocenters. The van der Waals surface area contributed by atoms with Gasteiger partial charge in [-0.3, -0.25) is 24.0 Å². The lowest BCUT2D eigenvalue weighted by molar-refractivity contribution is -0.142. The Morgan fingerprint density at radius 1 is 0.918 bits per heavy atom. The topological polar surface area (TPSA) is 230 Å². The lowest BCUT2D eigenvalue weighted by Crippen LogP contribution is -2.46. The SMILES string of the molecule is C[C@@H]1CC(=O)[C@@H](N(C)C(=O)[C@H](CCN)CC(=O)c2ccc(OCC(C)(C)C)cc2Cl)c2ccc(OCCN)c(c2)-c2cc(ccc2OCCN)C[C@@H](C(=O)CCC#N)NC1=O. The van der Waals surface area contributed by atoms with Gasteiger partial charge in [-0.25, -0.2) is 0 Å². The zero-order valence-electron chi connectivity index (χ0n) is 35.8. The Morgan fingerprint density at radius 3 is 2.18 bits per heavy atom. The molecule has 3 aromatic carbocycles. The number of benzene rings is 3. The van der Waals surface area contributed by atoms with Crippen molar-refractivity contribution >= 4 is 40.8 Å². The molecule has 61 heavy (non-hydrogen) atoms. The molecule has 3 aromatic rings. The summed E-state index contributed by atoms with van der Waals surface area (Å²) in [6, 6.07) is 15.0. The summed E-state index contributed by atoms with van der Waals surface area (Å²) >= 11 is 6.58. The number of rotatable bonds is 18. The second kappa shape index (κ2) is 22.5. The van der Waals surface area contributed by atoms with Gasteiger partial charge in [-0.1, -0.05) is 51.4 Å². The quantitative estimate of drug-likeness (QED) is 0.119. The zero-order chi connectivity index (χ0) is 44.9. The normalized spacial score (nSPS) is 17.3. The van der Waals surface area contributed by atoms with Crippen LogP contribution in [0.15, 0.2) is 54.6 Å². The van der Waals surface area contributed by atoms with Gasteiger partial charge in [-0.05, 0) is 78.4 Å². The van der Waals surface area contributed by atoms with Crippen LogP contribution in [0.25, 0.3) is 11.1 Å². The maximum absolute atomic E-state index is 14.6. The summed E-state index contributed by atoms with van der Waals surface area (Å²) < 4.78 is 18.1. The molecule has 2 amide bonds. The first-order valence-corrected chi connectivity index (χ1v) is 21.0. The van der Waals surface area contributed by atoms with Crippen molar-refractivity contribution in [3.8, 4) is 34.4 Å². The van der Waals surface area contributed by atoms with Crippen molar-refractivity contribution in [2.24, 2.45) is 34.5 Å². The van der Waals surface area contributed by atoms with E-state index < -0.39 is 41.5 Å². The van der Waals surface area contributed by atoms with E-state index in [1.807, 2.05) is 32.9 Å². The van der Waals surface area contributed by atoms with Gasteiger partial charge in [0.25, 0.3) is 0 Å². The van der Waals surface area contributed by atoms with E-state index in [9.17, 15) is 29.2 Å². The zero-order valence-corrected chi connectivity index (χ0v) is 36.5. The molecule has 14 nitrogen and oxygen atoms in total. The van der Waals surface area contributed by atoms with E-state index in [1.54, 1.807) is 55.5 Å². The third-order valence-electron chi connectivity index (χ3n) is 10.2. The van der Waals surface area contributed by atoms with Gasteiger partial charge in [-0.2, -0.15) is 5.26 Å². The van der Waals surface area contributed by atoms with Crippen LogP contribution >= 0.6 is 11.6 Å². The molecule has 0 aliphatic carbocycles. The van der Waals surface area contributed by atoms with Gasteiger partial charge in [0, 0.05) is 74.3 Å². The summed E-state index contributed by atoms with van der Waals surface area (Å²) in [5, 5.41) is 12.2. The number of nitriles is 1. The molecule has 1 heterocycles. The maximum atomic E-state index is 14.6. The molecule has 15 heteroatoms. The molecule has 328 valence electrons. The summed E-state index contributed by atoms with van der Waals surface area (Å²) in [4.78, 5) is 71.5. The highest BCUT2D eigenvalue weighted by atomic mass is 35.5. The molecule has 4 atom stereocenters. The maximum Gasteiger partial charge on any atom is 0.226 e. The molecule has 0 spiro atoms. The van der Waals surface area contributed by atoms with Crippen molar-refractivity contribution in [1.29, 1.82) is 5.26 Å². The van der Waals surface area contributed by atoms with Crippen molar-refractivity contribution in [3.63, 3.8) is 0 Å². The predicted octanol–water partition coefficient (Wildman–Crippen LogP) is 5.35. The fourth-order valence-corrected chi connectivity index (χ4v) is 7.36. The fraction of sp³-hybridized carbons (Fsp3) is 0.478. The molecule has 0 radical (unpaired) electrons. The number of likely N-dealkylation sites (N-methyl/N-ethyl adjacent to an activating group) is 1. The molecule has 4 rings (SSSR count). The van der Waals surface area contributed by atoms with Crippen LogP contribution < -0.4 is 36.7 Å². The minimum Gasteiger partial charge on any atom is -0.493 e. The molecule has 4 bridgehead atoms. The Kier molecular flexibility index (Phi) is 17.8. The van der Waals surface area contributed by atoms with Crippen LogP contribution in [0.3, 0.4) is 0 Å². The summed E-state index contributed by atoms with van der Waals surface area (Å²) in [5.41, 5.74) is 19.9. The van der Waals surface area contributed by atoms with Gasteiger partial charge in [0.15, 0.2) is 17.3 Å². The van der Waals surface area contributed by atoms with E-state index in [2.05, 4.69) is 5.32 Å². The number of hydrogen-bond donors (Lipinski definition) is 4. The number of halogens is 1. The average Bonchev–Trinajstić information content (AvgIpc) is 3.22. The van der Waals surface area contributed by atoms with Crippen molar-refractivity contribution < 1.29 is 38.2 Å². The average molecular weight is 859 g/mol. The highest BCUT2D eigenvalue weighted by Gasteiger charge is 2.36. The van der Waals surface area contributed by atoms with Gasteiger partial charge >= 0.3 is 0 Å². The van der Waals surface area contributed by atoms with Crippen molar-refractivity contribution in [2.45, 2.75) is 78.3 Å². The molecule has 1 aliphatic heterocycles. The predicted molar refractivity (Wildman–Crippen MR) is 233 cm³/mol. The Morgan fingerprint density at radius 2 is 1.57 bits per heavy atom. The first-order valence-electron chi connectivity index (χ1n) is 20.6. The minimum absolute atomic E-state index is 0.0320. The van der Waals surface area contributed by atoms with Crippen LogP contribution in [0.2, 0.25) is 5.02 Å². The van der Waals surface area contributed by atoms with Crippen LogP contribution in [-0.2, 0) is 25.6 Å². The first kappa shape index (κ1) is 48.3. The summed E-state index contributed by atoms with van der Waals surface area (Å²) in [7, 11) is 1.49. The molecular weight excluding hydrogens is 800 g/mol. The van der Waals surface area contributed by atoms with Crippen LogP contribution in [0.4, 0.5) is 0 Å². The number of amides is 2. The number of hydrogen-bond acceptors (Lipinski definition) is 12. The number of nitrogens with one attached hydrogen (secondary N) is 1. The summed E-state index contributed by atoms with van der Waals surface area (Å²) in [5.74, 6) is -2.75. The van der Waals surface area contributed by atoms with Crippen molar-refractivity contribution in [3.05, 3.63) is 76.3 Å². The third kappa shape index (κ3) is 13.3. The molecule has 0 saturated heterocycles. The van der Waals surface area contributed by atoms with Crippen LogP contribution in [0.1, 0.15) is 87.3 Å². The number of fused-ring (bicyclic) bond motifs is 5. The largest absolute Gasteiger partial charge is 0.493 e. The molecule has 0 saturated carbocycles. The van der Waals surface area contributed by atoms with Gasteiger partial charge < -0.3 is 41.6 Å². The van der Waals surface area contributed by atoms with Crippen molar-refractivity contribution in [2.75, 3.05) is 46.5 Å². The second-order valence-electron chi connectivity index (χ2n) is 16.6. The smallest absolute Gasteiger partial charge is 0.226 e. The number of carbonyl (C=O) groups excluding carboxylic acids is 5. The van der Waals surface area contributed by atoms with Crippen LogP contribution in [0.5, 0.6) is 17.2 Å². The number of ketones is 3. The first-order chi connectivity index (χ1) is 29.0. The number of nitrogens with two attached hydrogens (primary N) is 3. The number of nitrogens with zero attached hydrogens (tertiary/aromatic N) is 2. The van der Waals surface area contributed by atoms with E-state index in [0.29, 0.717) is 46.1 Å². The van der Waals surface area contributed by atoms with E-state index in [0.717, 1.165) is 0 Å². The monoisotopic (exact) mass is 858 g/mol. The molecule has 0 fully saturated rings. The molecule has 0 aromatic heterocycles. The highest BCUT2D eigenvalue weighted by molar-refractivity contribution is 6.34. The van der Waals surface area contributed by atoms with E-state index >= 15 is 0 Å². The standard InChI is InChI=1S/C46H59ClN6O8/c1-28-21-40(56)43(53(5)45(58)31(14-16-49)25-39(55)33-11-10-32(26-36(33)47)61-27-46(2,3)4)30-9-13-42(60-20-18-51)35(24-30)34-22-29(8-12-41(34)59-19-17-50)23-37(52-44(28)57)38(54)7-6-15-48/h8-13,22,24,26,28,31,37,43H,6-7,14,16-21,23,25,27,49-51H2,1-5H3,(H,52,57)/t28-,31-,37+,43+/m1/s1.